The number of methoxy groups -OCH3 is 1. The van der Waals surface area contributed by atoms with E-state index in [1.54, 1.807) is 18.6 Å². The third-order valence-electron chi connectivity index (χ3n) is 15.0. The lowest BCUT2D eigenvalue weighted by Crippen LogP contribution is -2.27. The van der Waals surface area contributed by atoms with Gasteiger partial charge in [-0.15, -0.1) is 0 Å². The number of rotatable bonds is 20. The number of aliphatic carboxylic acids is 1. The number of ketones is 2. The van der Waals surface area contributed by atoms with Crippen LogP contribution in [-0.4, -0.2) is 58.9 Å². The molecule has 0 aliphatic carbocycles. The molecule has 10 nitrogen and oxygen atoms in total. The van der Waals surface area contributed by atoms with Crippen molar-refractivity contribution in [3.05, 3.63) is 165 Å². The van der Waals surface area contributed by atoms with Gasteiger partial charge in [0.05, 0.1) is 20.0 Å². The van der Waals surface area contributed by atoms with E-state index in [1.807, 2.05) is 85.9 Å². The van der Waals surface area contributed by atoms with Crippen LogP contribution in [0.15, 0.2) is 110 Å². The van der Waals surface area contributed by atoms with Gasteiger partial charge in [-0.05, 0) is 144 Å². The number of esters is 1. The fourth-order valence-corrected chi connectivity index (χ4v) is 9.85. The lowest BCUT2D eigenvalue weighted by atomic mass is 9.69. The Morgan fingerprint density at radius 3 is 1.13 bits per heavy atom. The van der Waals surface area contributed by atoms with Crippen LogP contribution in [0.2, 0.25) is 0 Å². The van der Waals surface area contributed by atoms with E-state index in [2.05, 4.69) is 112 Å². The number of carboxylic acids is 1. The summed E-state index contributed by atoms with van der Waals surface area (Å²) in [6.07, 6.45) is 10.8. The average Bonchev–Trinajstić information content (AvgIpc) is 3.36. The van der Waals surface area contributed by atoms with Crippen molar-refractivity contribution in [2.24, 2.45) is 10.8 Å². The lowest BCUT2D eigenvalue weighted by molar-refractivity contribution is -0.140. The molecule has 0 bridgehead atoms. The van der Waals surface area contributed by atoms with Crippen molar-refractivity contribution in [3.8, 4) is 33.8 Å². The summed E-state index contributed by atoms with van der Waals surface area (Å²) in [5, 5.41) is 9.14. The zero-order valence-electron chi connectivity index (χ0n) is 47.2. The highest BCUT2D eigenvalue weighted by molar-refractivity contribution is 5.85. The predicted molar refractivity (Wildman–Crippen MR) is 301 cm³/mol. The second-order valence-electron chi connectivity index (χ2n) is 22.0. The van der Waals surface area contributed by atoms with Crippen LogP contribution >= 0.6 is 0 Å². The zero-order valence-corrected chi connectivity index (χ0v) is 47.2. The van der Waals surface area contributed by atoms with Gasteiger partial charge < -0.3 is 19.3 Å². The largest absolute Gasteiger partial charge is 0.486 e. The van der Waals surface area contributed by atoms with E-state index >= 15 is 0 Å². The van der Waals surface area contributed by atoms with Crippen LogP contribution in [-0.2, 0) is 47.6 Å². The molecule has 0 unspecified atom stereocenters. The van der Waals surface area contributed by atoms with Gasteiger partial charge in [0.25, 0.3) is 0 Å². The Kier molecular flexibility index (Phi) is 19.7. The van der Waals surface area contributed by atoms with Gasteiger partial charge in [-0.3, -0.25) is 29.1 Å². The summed E-state index contributed by atoms with van der Waals surface area (Å²) >= 11 is 0. The first-order valence-corrected chi connectivity index (χ1v) is 26.3. The summed E-state index contributed by atoms with van der Waals surface area (Å²) in [7, 11) is 1.40. The van der Waals surface area contributed by atoms with Crippen LogP contribution in [0.1, 0.15) is 151 Å². The number of aryl methyl sites for hydroxylation is 4. The summed E-state index contributed by atoms with van der Waals surface area (Å²) in [5.74, 6) is 0.500. The summed E-state index contributed by atoms with van der Waals surface area (Å²) in [5.41, 5.74) is 13.7. The number of carboxylic acid groups (broad SMARTS) is 1. The average molecular weight is 1020 g/mol. The summed E-state index contributed by atoms with van der Waals surface area (Å²) < 4.78 is 16.6. The molecule has 0 aliphatic rings. The normalized spacial score (nSPS) is 11.8. The van der Waals surface area contributed by atoms with Crippen molar-refractivity contribution in [1.82, 2.24) is 9.97 Å². The maximum absolute atomic E-state index is 12.3. The molecule has 0 radical (unpaired) electrons. The summed E-state index contributed by atoms with van der Waals surface area (Å²) in [4.78, 5) is 56.2. The number of hydrogen-bond acceptors (Lipinski definition) is 9. The molecule has 6 aromatic rings. The molecule has 1 N–H and O–H groups in total. The highest BCUT2D eigenvalue weighted by Gasteiger charge is 2.34. The van der Waals surface area contributed by atoms with Crippen molar-refractivity contribution in [2.45, 2.75) is 146 Å². The first kappa shape index (κ1) is 58.9. The molecule has 0 spiro atoms. The van der Waals surface area contributed by atoms with Crippen molar-refractivity contribution < 1.29 is 38.5 Å². The highest BCUT2D eigenvalue weighted by Crippen LogP contribution is 2.44. The van der Waals surface area contributed by atoms with Crippen LogP contribution in [0, 0.1) is 38.5 Å². The Hall–Kier alpha value is -6.94. The van der Waals surface area contributed by atoms with E-state index in [0.717, 1.165) is 87.3 Å². The minimum atomic E-state index is -0.866. The molecule has 0 fully saturated rings. The maximum atomic E-state index is 12.3. The number of nitrogens with zero attached hydrogens (tertiary/aromatic N) is 2. The van der Waals surface area contributed by atoms with Gasteiger partial charge in [-0.25, -0.2) is 0 Å². The van der Waals surface area contributed by atoms with Gasteiger partial charge in [0, 0.05) is 57.6 Å². The quantitative estimate of drug-likeness (QED) is 0.0734. The number of ether oxygens (including phenoxy) is 3. The number of benzene rings is 4. The summed E-state index contributed by atoms with van der Waals surface area (Å²) in [6, 6.07) is 29.7. The van der Waals surface area contributed by atoms with Gasteiger partial charge in [0.2, 0.25) is 0 Å². The molecule has 0 saturated carbocycles. The van der Waals surface area contributed by atoms with Crippen molar-refractivity contribution in [3.63, 3.8) is 0 Å². The SMILES string of the molecule is CCC(CC)(c1ccc(OCC(=O)C(C)(C)C)c(C)c1)c1ccc(-c2cncc(CC(=O)O)c2)c(C)c1.CCC(CC)(c1ccc(OCC(=O)C(C)(C)C)c(C)c1)c1ccc(-c2cncc(CC(=O)OC)c2)c(C)c1. The highest BCUT2D eigenvalue weighted by atomic mass is 16.5. The molecule has 10 heteroatoms. The molecular formula is C65H80N2O8. The number of Topliss-reactive ketones (excluding diaryl/α,β-unsaturated/α-hetero) is 2. The molecule has 0 amide bonds. The Labute approximate surface area is 446 Å². The molecule has 75 heavy (non-hydrogen) atoms. The summed E-state index contributed by atoms with van der Waals surface area (Å²) in [6.45, 7) is 28.8. The van der Waals surface area contributed by atoms with Gasteiger partial charge in [0.15, 0.2) is 11.6 Å². The first-order chi connectivity index (χ1) is 35.4. The van der Waals surface area contributed by atoms with Crippen LogP contribution in [0.4, 0.5) is 0 Å². The van der Waals surface area contributed by atoms with Gasteiger partial charge in [-0.1, -0.05) is 130 Å². The minimum absolute atomic E-state index is 0.0455. The molecule has 4 aromatic carbocycles. The van der Waals surface area contributed by atoms with Crippen LogP contribution in [0.25, 0.3) is 22.3 Å². The van der Waals surface area contributed by atoms with E-state index in [1.165, 1.54) is 29.4 Å². The zero-order chi connectivity index (χ0) is 55.5. The molecule has 2 heterocycles. The lowest BCUT2D eigenvalue weighted by Gasteiger charge is -2.34. The maximum Gasteiger partial charge on any atom is 0.310 e. The fraction of sp³-hybridized carbons (Fsp3) is 0.415. The minimum Gasteiger partial charge on any atom is -0.486 e. The molecular weight excluding hydrogens is 937 g/mol. The Balaban J connectivity index is 0.000000277. The van der Waals surface area contributed by atoms with Gasteiger partial charge >= 0.3 is 11.9 Å². The number of pyridine rings is 2. The topological polar surface area (TPSA) is 142 Å². The van der Waals surface area contributed by atoms with Crippen LogP contribution in [0.5, 0.6) is 11.5 Å². The predicted octanol–water partition coefficient (Wildman–Crippen LogP) is 14.3. The number of aromatic nitrogens is 2. The van der Waals surface area contributed by atoms with Gasteiger partial charge in [-0.2, -0.15) is 0 Å². The molecule has 0 saturated heterocycles. The smallest absolute Gasteiger partial charge is 0.310 e. The van der Waals surface area contributed by atoms with Crippen molar-refractivity contribution >= 4 is 23.5 Å². The van der Waals surface area contributed by atoms with E-state index in [-0.39, 0.29) is 54.4 Å². The molecule has 0 aliphatic heterocycles. The second-order valence-corrected chi connectivity index (χ2v) is 22.0. The Morgan fingerprint density at radius 2 is 0.827 bits per heavy atom. The Bertz CT molecular complexity index is 2980. The fourth-order valence-electron chi connectivity index (χ4n) is 9.85. The number of carbonyl (C=O) groups excluding carboxylic acids is 3. The monoisotopic (exact) mass is 1020 g/mol. The number of hydrogen-bond donors (Lipinski definition) is 1. The second kappa shape index (κ2) is 25.1. The van der Waals surface area contributed by atoms with E-state index in [0.29, 0.717) is 5.56 Å². The molecule has 398 valence electrons. The molecule has 0 atom stereocenters. The van der Waals surface area contributed by atoms with Gasteiger partial charge in [0.1, 0.15) is 24.7 Å². The van der Waals surface area contributed by atoms with E-state index in [4.69, 9.17) is 19.3 Å². The van der Waals surface area contributed by atoms with E-state index < -0.39 is 16.8 Å². The molecule has 2 aromatic heterocycles. The Morgan fingerprint density at radius 1 is 0.480 bits per heavy atom. The van der Waals surface area contributed by atoms with Crippen molar-refractivity contribution in [1.29, 1.82) is 0 Å². The third-order valence-corrected chi connectivity index (χ3v) is 15.0. The van der Waals surface area contributed by atoms with Crippen LogP contribution in [0.3, 0.4) is 0 Å². The van der Waals surface area contributed by atoms with E-state index in [9.17, 15) is 19.2 Å². The van der Waals surface area contributed by atoms with Crippen LogP contribution < -0.4 is 9.47 Å². The third kappa shape index (κ3) is 14.3. The first-order valence-electron chi connectivity index (χ1n) is 26.3. The van der Waals surface area contributed by atoms with Crippen molar-refractivity contribution in [2.75, 3.05) is 20.3 Å². The number of carbonyl (C=O) groups is 4. The standard InChI is InChI=1S/C33H41NO4.C32H39NO4/c1-9-33(10-2,27-12-14-29(23(4)16-27)38-21-30(35)32(5,6)7)26-11-13-28(22(3)15-26)25-17-24(19-34-20-25)18-31(36)37-8;1-8-32(9-2,26-11-13-28(22(4)15-26)37-20-29(34)31(5,6)7)25-10-12-27(21(3)14-25)24-16-23(17-30(35)36)18-33-19-24/h11-17,19-20H,9-10,18,21H2,1-8H3;10-16,18-19H,8-9,17,20H2,1-7H3,(H,35,36). The molecule has 6 rings (SSSR count).